The van der Waals surface area contributed by atoms with Gasteiger partial charge in [0.2, 0.25) is 0 Å². The van der Waals surface area contributed by atoms with Crippen molar-refractivity contribution in [2.45, 2.75) is 45.4 Å². The van der Waals surface area contributed by atoms with Crippen molar-refractivity contribution in [2.24, 2.45) is 0 Å². The molecule has 0 aliphatic heterocycles. The maximum absolute atomic E-state index is 13.1. The lowest BCUT2D eigenvalue weighted by atomic mass is 10.2. The summed E-state index contributed by atoms with van der Waals surface area (Å²) in [6.45, 7) is 5.24. The average Bonchev–Trinajstić information content (AvgIpc) is 2.39. The highest BCUT2D eigenvalue weighted by Crippen LogP contribution is 2.33. The number of hydrogen-bond donors (Lipinski definition) is 1. The highest BCUT2D eigenvalue weighted by Gasteiger charge is 2.34. The summed E-state index contributed by atoms with van der Waals surface area (Å²) >= 11 is 0. The van der Waals surface area contributed by atoms with Crippen LogP contribution in [0, 0.1) is 5.82 Å². The summed E-state index contributed by atoms with van der Waals surface area (Å²) in [5, 5.41) is 3.18. The van der Waals surface area contributed by atoms with E-state index in [2.05, 4.69) is 12.2 Å². The van der Waals surface area contributed by atoms with Crippen LogP contribution in [0.5, 0.6) is 5.75 Å². The van der Waals surface area contributed by atoms with E-state index in [-0.39, 0.29) is 11.9 Å². The van der Waals surface area contributed by atoms with Gasteiger partial charge in [0.15, 0.2) is 0 Å². The lowest BCUT2D eigenvalue weighted by molar-refractivity contribution is -0.140. The predicted octanol–water partition coefficient (Wildman–Crippen LogP) is 4.39. The van der Waals surface area contributed by atoms with Gasteiger partial charge in [-0.25, -0.2) is 4.39 Å². The molecule has 0 saturated heterocycles. The molecule has 0 aliphatic rings. The van der Waals surface area contributed by atoms with E-state index in [1.165, 1.54) is 6.07 Å². The first-order valence-corrected chi connectivity index (χ1v) is 7.08. The van der Waals surface area contributed by atoms with E-state index in [1.54, 1.807) is 6.92 Å². The zero-order valence-corrected chi connectivity index (χ0v) is 12.3. The molecule has 1 aromatic rings. The van der Waals surface area contributed by atoms with E-state index >= 15 is 0 Å². The second-order valence-corrected chi connectivity index (χ2v) is 4.98. The number of ether oxygens (including phenoxy) is 1. The van der Waals surface area contributed by atoms with Crippen LogP contribution >= 0.6 is 0 Å². The molecule has 1 aromatic carbocycles. The molecule has 0 aliphatic carbocycles. The second-order valence-electron chi connectivity index (χ2n) is 4.98. The predicted molar refractivity (Wildman–Crippen MR) is 73.9 cm³/mol. The Morgan fingerprint density at radius 1 is 1.24 bits per heavy atom. The molecule has 0 saturated carbocycles. The van der Waals surface area contributed by atoms with Crippen LogP contribution in [-0.4, -0.2) is 19.2 Å². The van der Waals surface area contributed by atoms with E-state index in [0.717, 1.165) is 31.9 Å². The Hall–Kier alpha value is -1.30. The highest BCUT2D eigenvalue weighted by atomic mass is 19.4. The van der Waals surface area contributed by atoms with E-state index in [0.29, 0.717) is 12.6 Å². The van der Waals surface area contributed by atoms with Gasteiger partial charge in [-0.15, -0.1) is 0 Å². The summed E-state index contributed by atoms with van der Waals surface area (Å²) in [6, 6.07) is 2.68. The molecule has 0 spiro atoms. The zero-order valence-electron chi connectivity index (χ0n) is 12.3. The lowest BCUT2D eigenvalue weighted by Crippen LogP contribution is -2.29. The Kier molecular flexibility index (Phi) is 6.95. The second kappa shape index (κ2) is 8.22. The molecule has 1 N–H and O–H groups in total. The van der Waals surface area contributed by atoms with Crippen molar-refractivity contribution in [1.82, 2.24) is 5.32 Å². The van der Waals surface area contributed by atoms with Gasteiger partial charge in [-0.2, -0.15) is 13.2 Å². The van der Waals surface area contributed by atoms with Crippen molar-refractivity contribution in [3.8, 4) is 5.75 Å². The van der Waals surface area contributed by atoms with E-state index in [9.17, 15) is 17.6 Å². The van der Waals surface area contributed by atoms with Gasteiger partial charge in [-0.1, -0.05) is 19.8 Å². The minimum absolute atomic E-state index is 0.0200. The van der Waals surface area contributed by atoms with Gasteiger partial charge in [0, 0.05) is 6.54 Å². The summed E-state index contributed by atoms with van der Waals surface area (Å²) in [7, 11) is 0. The Morgan fingerprint density at radius 3 is 2.57 bits per heavy atom. The zero-order chi connectivity index (χ0) is 15.9. The molecule has 2 nitrogen and oxygen atoms in total. The molecule has 1 atom stereocenters. The van der Waals surface area contributed by atoms with Crippen LogP contribution in [-0.2, 0) is 6.18 Å². The first-order chi connectivity index (χ1) is 9.84. The van der Waals surface area contributed by atoms with Gasteiger partial charge >= 0.3 is 6.18 Å². The van der Waals surface area contributed by atoms with Gasteiger partial charge in [0.1, 0.15) is 17.7 Å². The fourth-order valence-corrected chi connectivity index (χ4v) is 1.87. The third kappa shape index (κ3) is 6.33. The van der Waals surface area contributed by atoms with Gasteiger partial charge in [0.25, 0.3) is 0 Å². The largest absolute Gasteiger partial charge is 0.489 e. The molecular formula is C15H21F4NO. The lowest BCUT2D eigenvalue weighted by Gasteiger charge is -2.17. The summed E-state index contributed by atoms with van der Waals surface area (Å²) in [5.74, 6) is -1.27. The van der Waals surface area contributed by atoms with Crippen molar-refractivity contribution in [3.63, 3.8) is 0 Å². The molecule has 0 amide bonds. The number of hydrogen-bond acceptors (Lipinski definition) is 2. The monoisotopic (exact) mass is 307 g/mol. The van der Waals surface area contributed by atoms with Gasteiger partial charge in [-0.3, -0.25) is 0 Å². The molecule has 6 heteroatoms. The van der Waals surface area contributed by atoms with E-state index in [1.807, 2.05) is 0 Å². The molecule has 0 fully saturated rings. The van der Waals surface area contributed by atoms with Crippen LogP contribution in [0.3, 0.4) is 0 Å². The first-order valence-electron chi connectivity index (χ1n) is 7.08. The standard InChI is InChI=1S/C15H21F4NO/c1-3-4-5-8-20-10-11(2)21-12-6-7-14(16)13(9-12)15(17,18)19/h6-7,9,11,20H,3-5,8,10H2,1-2H3. The van der Waals surface area contributed by atoms with Crippen molar-refractivity contribution in [1.29, 1.82) is 0 Å². The molecule has 0 aromatic heterocycles. The summed E-state index contributed by atoms with van der Waals surface area (Å²) < 4.78 is 56.3. The number of unbranched alkanes of at least 4 members (excludes halogenated alkanes) is 2. The number of benzene rings is 1. The van der Waals surface area contributed by atoms with Crippen LogP contribution in [0.4, 0.5) is 17.6 Å². The van der Waals surface area contributed by atoms with Gasteiger partial charge < -0.3 is 10.1 Å². The minimum Gasteiger partial charge on any atom is -0.489 e. The minimum atomic E-state index is -4.72. The Balaban J connectivity index is 2.51. The SMILES string of the molecule is CCCCCNCC(C)Oc1ccc(F)c(C(F)(F)F)c1. The topological polar surface area (TPSA) is 21.3 Å². The number of halogens is 4. The number of rotatable bonds is 8. The fraction of sp³-hybridized carbons (Fsp3) is 0.600. The fourth-order valence-electron chi connectivity index (χ4n) is 1.87. The van der Waals surface area contributed by atoms with Crippen LogP contribution in [0.15, 0.2) is 18.2 Å². The third-order valence-electron chi connectivity index (χ3n) is 2.97. The Bertz CT molecular complexity index is 434. The van der Waals surface area contributed by atoms with Crippen LogP contribution in [0.25, 0.3) is 0 Å². The van der Waals surface area contributed by atoms with Crippen molar-refractivity contribution in [3.05, 3.63) is 29.6 Å². The van der Waals surface area contributed by atoms with Crippen molar-refractivity contribution in [2.75, 3.05) is 13.1 Å². The maximum Gasteiger partial charge on any atom is 0.419 e. The van der Waals surface area contributed by atoms with Crippen LogP contribution < -0.4 is 10.1 Å². The molecule has 21 heavy (non-hydrogen) atoms. The highest BCUT2D eigenvalue weighted by molar-refractivity contribution is 5.31. The Morgan fingerprint density at radius 2 is 1.95 bits per heavy atom. The van der Waals surface area contributed by atoms with Crippen molar-refractivity contribution < 1.29 is 22.3 Å². The van der Waals surface area contributed by atoms with Crippen LogP contribution in [0.2, 0.25) is 0 Å². The molecule has 1 unspecified atom stereocenters. The van der Waals surface area contributed by atoms with Crippen molar-refractivity contribution >= 4 is 0 Å². The quantitative estimate of drug-likeness (QED) is 0.568. The maximum atomic E-state index is 13.1. The number of nitrogens with one attached hydrogen (secondary N) is 1. The Labute approximate surface area is 122 Å². The molecular weight excluding hydrogens is 286 g/mol. The molecule has 0 bridgehead atoms. The molecule has 120 valence electrons. The van der Waals surface area contributed by atoms with Gasteiger partial charge in [0.05, 0.1) is 5.56 Å². The van der Waals surface area contributed by atoms with Gasteiger partial charge in [-0.05, 0) is 38.1 Å². The third-order valence-corrected chi connectivity index (χ3v) is 2.97. The van der Waals surface area contributed by atoms with Crippen LogP contribution in [0.1, 0.15) is 38.7 Å². The normalized spacial score (nSPS) is 13.2. The average molecular weight is 307 g/mol. The summed E-state index contributed by atoms with van der Waals surface area (Å²) in [4.78, 5) is 0. The summed E-state index contributed by atoms with van der Waals surface area (Å²) in [5.41, 5.74) is -1.30. The van der Waals surface area contributed by atoms with E-state index in [4.69, 9.17) is 4.74 Å². The molecule has 1 rings (SSSR count). The number of alkyl halides is 3. The smallest absolute Gasteiger partial charge is 0.419 e. The van der Waals surface area contributed by atoms with E-state index < -0.39 is 17.6 Å². The molecule has 0 radical (unpaired) electrons. The molecule has 0 heterocycles. The first kappa shape index (κ1) is 17.8. The summed E-state index contributed by atoms with van der Waals surface area (Å²) in [6.07, 6.45) is -1.69.